The van der Waals surface area contributed by atoms with Gasteiger partial charge in [-0.25, -0.2) is 4.18 Å². The molecule has 0 aromatic carbocycles. The molecule has 36 heavy (non-hydrogen) atoms. The topological polar surface area (TPSA) is 147 Å². The number of carbonyl (C=O) groups is 2. The van der Waals surface area contributed by atoms with Gasteiger partial charge in [-0.05, 0) is 91.8 Å². The average molecular weight is 531 g/mol. The first-order valence-corrected chi connectivity index (χ1v) is 14.8. The minimum atomic E-state index is -4.55. The molecule has 10 heteroatoms. The molecule has 0 radical (unpaired) electrons. The van der Waals surface area contributed by atoms with Crippen LogP contribution in [0.1, 0.15) is 85.5 Å². The van der Waals surface area contributed by atoms with E-state index in [9.17, 15) is 32.8 Å². The van der Waals surface area contributed by atoms with E-state index < -0.39 is 28.6 Å². The number of fused-ring (bicyclic) bond motifs is 5. The van der Waals surface area contributed by atoms with Crippen LogP contribution in [0.25, 0.3) is 0 Å². The van der Waals surface area contributed by atoms with Crippen molar-refractivity contribution in [3.8, 4) is 0 Å². The number of hydrogen-bond acceptors (Lipinski definition) is 7. The van der Waals surface area contributed by atoms with Crippen LogP contribution < -0.4 is 0 Å². The van der Waals surface area contributed by atoms with Gasteiger partial charge >= 0.3 is 22.3 Å². The van der Waals surface area contributed by atoms with Crippen molar-refractivity contribution in [2.45, 2.75) is 104 Å². The lowest BCUT2D eigenvalue weighted by Gasteiger charge is -2.64. The Morgan fingerprint density at radius 1 is 1.08 bits per heavy atom. The number of carbonyl (C=O) groups excluding carboxylic acids is 1. The second-order valence-corrected chi connectivity index (χ2v) is 13.6. The van der Waals surface area contributed by atoms with Gasteiger partial charge in [-0.3, -0.25) is 14.1 Å². The van der Waals surface area contributed by atoms with Gasteiger partial charge in [0.2, 0.25) is 0 Å². The molecule has 0 aromatic rings. The lowest BCUT2D eigenvalue weighted by Crippen LogP contribution is -2.63. The maximum absolute atomic E-state index is 12.2. The van der Waals surface area contributed by atoms with E-state index in [4.69, 9.17) is 8.92 Å². The highest BCUT2D eigenvalue weighted by atomic mass is 32.3. The molecule has 0 saturated heterocycles. The van der Waals surface area contributed by atoms with Crippen molar-refractivity contribution in [1.29, 1.82) is 0 Å². The summed E-state index contributed by atoms with van der Waals surface area (Å²) in [6, 6.07) is 0. The van der Waals surface area contributed by atoms with Crippen molar-refractivity contribution >= 4 is 22.3 Å². The minimum absolute atomic E-state index is 0.0341. The normalized spacial score (nSPS) is 45.2. The molecule has 11 atom stereocenters. The van der Waals surface area contributed by atoms with Gasteiger partial charge in [0.15, 0.2) is 0 Å². The smallest absolute Gasteiger partial charge is 0.397 e. The second-order valence-electron chi connectivity index (χ2n) is 12.5. The molecule has 3 N–H and O–H groups in total. The fraction of sp³-hybridized carbons (Fsp3) is 0.923. The van der Waals surface area contributed by atoms with E-state index >= 15 is 0 Å². The third kappa shape index (κ3) is 4.95. The summed E-state index contributed by atoms with van der Waals surface area (Å²) in [5.74, 6) is -0.423. The molecule has 206 valence electrons. The van der Waals surface area contributed by atoms with E-state index in [0.717, 1.165) is 12.8 Å². The van der Waals surface area contributed by atoms with Crippen molar-refractivity contribution < 1.29 is 41.7 Å². The largest absolute Gasteiger partial charge is 0.481 e. The number of aliphatic hydroxyl groups is 1. The molecule has 0 amide bonds. The van der Waals surface area contributed by atoms with Gasteiger partial charge in [0.05, 0.1) is 12.2 Å². The van der Waals surface area contributed by atoms with Crippen LogP contribution in [0.15, 0.2) is 0 Å². The molecule has 0 spiro atoms. The zero-order chi connectivity index (χ0) is 26.6. The number of hydrogen-bond donors (Lipinski definition) is 3. The Balaban J connectivity index is 1.64. The van der Waals surface area contributed by atoms with Gasteiger partial charge in [-0.1, -0.05) is 20.8 Å². The average Bonchev–Trinajstić information content (AvgIpc) is 3.11. The highest BCUT2D eigenvalue weighted by Crippen LogP contribution is 2.68. The van der Waals surface area contributed by atoms with E-state index in [0.29, 0.717) is 38.5 Å². The number of esters is 1. The first-order chi connectivity index (χ1) is 16.7. The van der Waals surface area contributed by atoms with Gasteiger partial charge in [-0.2, -0.15) is 8.42 Å². The number of aliphatic hydroxyl groups excluding tert-OH is 1. The predicted octanol–water partition coefficient (Wildman–Crippen LogP) is 3.85. The van der Waals surface area contributed by atoms with Gasteiger partial charge in [0.1, 0.15) is 6.10 Å². The molecule has 0 aromatic heterocycles. The maximum Gasteiger partial charge on any atom is 0.397 e. The van der Waals surface area contributed by atoms with Crippen molar-refractivity contribution in [2.75, 3.05) is 0 Å². The van der Waals surface area contributed by atoms with E-state index in [2.05, 4.69) is 20.8 Å². The van der Waals surface area contributed by atoms with Gasteiger partial charge < -0.3 is 14.9 Å². The van der Waals surface area contributed by atoms with Gasteiger partial charge in [0, 0.05) is 19.3 Å². The molecule has 0 bridgehead atoms. The second kappa shape index (κ2) is 9.82. The van der Waals surface area contributed by atoms with Crippen LogP contribution >= 0.6 is 0 Å². The molecule has 4 aliphatic rings. The quantitative estimate of drug-likeness (QED) is 0.330. The lowest BCUT2D eigenvalue weighted by atomic mass is 9.43. The van der Waals surface area contributed by atoms with Crippen molar-refractivity contribution in [1.82, 2.24) is 0 Å². The molecule has 0 aliphatic heterocycles. The van der Waals surface area contributed by atoms with Crippen LogP contribution in [-0.2, 0) is 28.9 Å². The number of carboxylic acids is 1. The van der Waals surface area contributed by atoms with E-state index in [1.165, 1.54) is 6.92 Å². The number of ether oxygens (including phenoxy) is 1. The summed E-state index contributed by atoms with van der Waals surface area (Å²) in [6.45, 7) is 7.89. The molecule has 4 saturated carbocycles. The van der Waals surface area contributed by atoms with Gasteiger partial charge in [0.25, 0.3) is 0 Å². The number of rotatable bonds is 7. The van der Waals surface area contributed by atoms with Crippen LogP contribution in [0.3, 0.4) is 0 Å². The summed E-state index contributed by atoms with van der Waals surface area (Å²) >= 11 is 0. The van der Waals surface area contributed by atoms with Crippen LogP contribution in [0.4, 0.5) is 0 Å². The summed E-state index contributed by atoms with van der Waals surface area (Å²) in [5.41, 5.74) is -0.554. The Morgan fingerprint density at radius 2 is 1.78 bits per heavy atom. The highest BCUT2D eigenvalue weighted by Gasteiger charge is 2.66. The van der Waals surface area contributed by atoms with E-state index in [1.54, 1.807) is 0 Å². The van der Waals surface area contributed by atoms with Crippen LogP contribution in [0.2, 0.25) is 0 Å². The third-order valence-corrected chi connectivity index (χ3v) is 11.4. The third-order valence-electron chi connectivity index (χ3n) is 10.9. The monoisotopic (exact) mass is 530 g/mol. The van der Waals surface area contributed by atoms with Crippen LogP contribution in [-0.4, -0.2) is 53.4 Å². The standard InChI is InChI=1S/C26H42O9S/c1-14(5-8-23(29)30)18-6-7-19-24-20(13-22(28)26(18,19)4)25(3)10-9-17(35-36(31,32)33)11-16(25)12-21(24)34-15(2)27/h14,16-22,24,28H,5-13H2,1-4H3,(H,29,30)(H,31,32,33)/t14-,16+,17-,18-,19+,20+,21-,22+,24+,25+,26-/m1/s1. The fourth-order valence-electron chi connectivity index (χ4n) is 9.24. The van der Waals surface area contributed by atoms with Crippen molar-refractivity contribution in [2.24, 2.45) is 46.3 Å². The molecule has 4 aliphatic carbocycles. The Kier molecular flexibility index (Phi) is 7.58. The first-order valence-electron chi connectivity index (χ1n) is 13.4. The van der Waals surface area contributed by atoms with E-state index in [1.807, 2.05) is 0 Å². The van der Waals surface area contributed by atoms with E-state index in [-0.39, 0.29) is 64.8 Å². The molecule has 9 nitrogen and oxygen atoms in total. The summed E-state index contributed by atoms with van der Waals surface area (Å²) in [6.07, 6.45) is 3.85. The Bertz CT molecular complexity index is 966. The summed E-state index contributed by atoms with van der Waals surface area (Å²) in [4.78, 5) is 23.4. The number of aliphatic carboxylic acids is 1. The predicted molar refractivity (Wildman–Crippen MR) is 130 cm³/mol. The van der Waals surface area contributed by atoms with Gasteiger partial charge in [-0.15, -0.1) is 0 Å². The van der Waals surface area contributed by atoms with Crippen LogP contribution in [0.5, 0.6) is 0 Å². The molecular formula is C26H42O9S. The molecular weight excluding hydrogens is 488 g/mol. The SMILES string of the molecule is CC(=O)O[C@@H]1C[C@@H]2C[C@H](OS(=O)(=O)O)CC[C@]2(C)[C@H]2C[C@H](O)[C@]3(C)[C@@H]([C@H](C)CCC(=O)O)CC[C@H]3[C@H]12. The number of carboxylic acid groups (broad SMARTS) is 1. The molecule has 0 unspecified atom stereocenters. The Morgan fingerprint density at radius 3 is 2.39 bits per heavy atom. The zero-order valence-electron chi connectivity index (χ0n) is 21.8. The minimum Gasteiger partial charge on any atom is -0.481 e. The molecule has 4 fully saturated rings. The Hall–Kier alpha value is -1.23. The Labute approximate surface area is 214 Å². The zero-order valence-corrected chi connectivity index (χ0v) is 22.6. The highest BCUT2D eigenvalue weighted by molar-refractivity contribution is 7.80. The van der Waals surface area contributed by atoms with Crippen LogP contribution in [0, 0.1) is 46.3 Å². The molecule has 4 rings (SSSR count). The van der Waals surface area contributed by atoms with Crippen molar-refractivity contribution in [3.63, 3.8) is 0 Å². The molecule has 0 heterocycles. The first kappa shape index (κ1) is 27.8. The maximum atomic E-state index is 12.2. The summed E-state index contributed by atoms with van der Waals surface area (Å²) in [7, 11) is -4.55. The summed E-state index contributed by atoms with van der Waals surface area (Å²) < 4.78 is 42.8. The lowest BCUT2D eigenvalue weighted by molar-refractivity contribution is -0.215. The van der Waals surface area contributed by atoms with Crippen molar-refractivity contribution in [3.05, 3.63) is 0 Å². The summed E-state index contributed by atoms with van der Waals surface area (Å²) in [5, 5.41) is 20.9. The fourth-order valence-corrected chi connectivity index (χ4v) is 9.76.